The van der Waals surface area contributed by atoms with Crippen molar-refractivity contribution in [2.75, 3.05) is 13.1 Å². The fourth-order valence-electron chi connectivity index (χ4n) is 3.88. The minimum atomic E-state index is -0.371. The highest BCUT2D eigenvalue weighted by Crippen LogP contribution is 2.25. The highest BCUT2D eigenvalue weighted by molar-refractivity contribution is 5.93. The van der Waals surface area contributed by atoms with Crippen LogP contribution in [0.3, 0.4) is 0 Å². The van der Waals surface area contributed by atoms with Crippen LogP contribution in [0.2, 0.25) is 0 Å². The van der Waals surface area contributed by atoms with Crippen molar-refractivity contribution in [3.8, 4) is 5.75 Å². The number of hydrogen-bond donors (Lipinski definition) is 0. The van der Waals surface area contributed by atoms with Crippen LogP contribution in [0.5, 0.6) is 5.75 Å². The predicted molar refractivity (Wildman–Crippen MR) is 111 cm³/mol. The van der Waals surface area contributed by atoms with E-state index >= 15 is 0 Å². The van der Waals surface area contributed by atoms with E-state index in [-0.39, 0.29) is 24.0 Å². The van der Waals surface area contributed by atoms with Gasteiger partial charge in [-0.25, -0.2) is 4.39 Å². The molecule has 3 aromatic rings. The van der Waals surface area contributed by atoms with Crippen LogP contribution in [0, 0.1) is 18.7 Å². The van der Waals surface area contributed by atoms with E-state index in [1.807, 2.05) is 11.0 Å². The number of halogens is 1. The van der Waals surface area contributed by atoms with E-state index in [0.29, 0.717) is 36.1 Å². The SMILES string of the molecule is Cc1onc(C(=O)N2CCC(Cc3ccccc3)CC2)c1COc1cccc(F)c1. The molecular weight excluding hydrogens is 383 g/mol. The maximum Gasteiger partial charge on any atom is 0.276 e. The van der Waals surface area contributed by atoms with Gasteiger partial charge >= 0.3 is 0 Å². The number of carbonyl (C=O) groups is 1. The number of hydrogen-bond acceptors (Lipinski definition) is 4. The number of piperidine rings is 1. The van der Waals surface area contributed by atoms with Gasteiger partial charge in [-0.2, -0.15) is 0 Å². The molecule has 0 saturated carbocycles. The topological polar surface area (TPSA) is 55.6 Å². The van der Waals surface area contributed by atoms with Crippen LogP contribution >= 0.6 is 0 Å². The minimum absolute atomic E-state index is 0.102. The molecule has 1 aliphatic rings. The molecule has 0 unspecified atom stereocenters. The lowest BCUT2D eigenvalue weighted by atomic mass is 9.90. The van der Waals surface area contributed by atoms with Crippen molar-refractivity contribution >= 4 is 5.91 Å². The molecule has 0 atom stereocenters. The summed E-state index contributed by atoms with van der Waals surface area (Å²) in [6.07, 6.45) is 2.97. The normalized spacial score (nSPS) is 14.7. The molecule has 30 heavy (non-hydrogen) atoms. The highest BCUT2D eigenvalue weighted by atomic mass is 19.1. The second-order valence-electron chi connectivity index (χ2n) is 7.74. The fraction of sp³-hybridized carbons (Fsp3) is 0.333. The zero-order valence-corrected chi connectivity index (χ0v) is 17.0. The third-order valence-corrected chi connectivity index (χ3v) is 5.64. The first-order chi connectivity index (χ1) is 14.6. The molecule has 0 bridgehead atoms. The second kappa shape index (κ2) is 9.11. The van der Waals surface area contributed by atoms with Crippen LogP contribution in [0.15, 0.2) is 59.1 Å². The third-order valence-electron chi connectivity index (χ3n) is 5.64. The lowest BCUT2D eigenvalue weighted by Gasteiger charge is -2.31. The summed E-state index contributed by atoms with van der Waals surface area (Å²) >= 11 is 0. The van der Waals surface area contributed by atoms with Crippen molar-refractivity contribution in [3.05, 3.63) is 83.0 Å². The van der Waals surface area contributed by atoms with Gasteiger partial charge in [0, 0.05) is 19.2 Å². The van der Waals surface area contributed by atoms with Gasteiger partial charge in [0.25, 0.3) is 5.91 Å². The van der Waals surface area contributed by atoms with Crippen molar-refractivity contribution in [2.45, 2.75) is 32.8 Å². The zero-order valence-electron chi connectivity index (χ0n) is 17.0. The molecule has 2 heterocycles. The minimum Gasteiger partial charge on any atom is -0.489 e. The van der Waals surface area contributed by atoms with Gasteiger partial charge < -0.3 is 14.2 Å². The number of rotatable bonds is 6. The van der Waals surface area contributed by atoms with Crippen LogP contribution in [0.25, 0.3) is 0 Å². The maximum atomic E-state index is 13.4. The Balaban J connectivity index is 1.37. The lowest BCUT2D eigenvalue weighted by Crippen LogP contribution is -2.39. The number of carbonyl (C=O) groups excluding carboxylic acids is 1. The van der Waals surface area contributed by atoms with Gasteiger partial charge in [-0.3, -0.25) is 4.79 Å². The van der Waals surface area contributed by atoms with E-state index in [4.69, 9.17) is 9.26 Å². The van der Waals surface area contributed by atoms with Gasteiger partial charge in [-0.15, -0.1) is 0 Å². The van der Waals surface area contributed by atoms with Crippen molar-refractivity contribution in [3.63, 3.8) is 0 Å². The van der Waals surface area contributed by atoms with Gasteiger partial charge in [0.05, 0.1) is 5.56 Å². The quantitative estimate of drug-likeness (QED) is 0.588. The van der Waals surface area contributed by atoms with Crippen LogP contribution in [-0.4, -0.2) is 29.1 Å². The number of likely N-dealkylation sites (tertiary alicyclic amines) is 1. The molecule has 4 rings (SSSR count). The van der Waals surface area contributed by atoms with Crippen LogP contribution in [0.1, 0.15) is 40.2 Å². The Hall–Kier alpha value is -3.15. The smallest absolute Gasteiger partial charge is 0.276 e. The Morgan fingerprint density at radius 3 is 2.67 bits per heavy atom. The summed E-state index contributed by atoms with van der Waals surface area (Å²) in [5.41, 5.74) is 2.23. The number of aryl methyl sites for hydroxylation is 1. The largest absolute Gasteiger partial charge is 0.489 e. The summed E-state index contributed by atoms with van der Waals surface area (Å²) in [7, 11) is 0. The number of aromatic nitrogens is 1. The molecule has 0 radical (unpaired) electrons. The fourth-order valence-corrected chi connectivity index (χ4v) is 3.88. The van der Waals surface area contributed by atoms with Gasteiger partial charge in [-0.05, 0) is 49.8 Å². The molecule has 5 nitrogen and oxygen atoms in total. The molecule has 1 aromatic heterocycles. The number of amides is 1. The molecule has 6 heteroatoms. The molecule has 0 spiro atoms. The number of ether oxygens (including phenoxy) is 1. The summed E-state index contributed by atoms with van der Waals surface area (Å²) in [6, 6.07) is 16.4. The highest BCUT2D eigenvalue weighted by Gasteiger charge is 2.28. The molecule has 1 fully saturated rings. The van der Waals surface area contributed by atoms with Crippen molar-refractivity contribution in [1.82, 2.24) is 10.1 Å². The molecule has 1 aliphatic heterocycles. The summed E-state index contributed by atoms with van der Waals surface area (Å²) in [5.74, 6) is 1.00. The molecule has 1 amide bonds. The Kier molecular flexibility index (Phi) is 6.12. The van der Waals surface area contributed by atoms with Crippen LogP contribution < -0.4 is 4.74 Å². The van der Waals surface area contributed by atoms with E-state index in [2.05, 4.69) is 29.4 Å². The predicted octanol–water partition coefficient (Wildman–Crippen LogP) is 4.80. The number of benzene rings is 2. The van der Waals surface area contributed by atoms with Gasteiger partial charge in [0.2, 0.25) is 0 Å². The molecular formula is C24H25FN2O3. The van der Waals surface area contributed by atoms with E-state index in [1.54, 1.807) is 19.1 Å². The molecule has 156 valence electrons. The van der Waals surface area contributed by atoms with Gasteiger partial charge in [0.1, 0.15) is 23.9 Å². The van der Waals surface area contributed by atoms with Gasteiger partial charge in [-0.1, -0.05) is 41.6 Å². The first kappa shape index (κ1) is 20.1. The summed E-state index contributed by atoms with van der Waals surface area (Å²) in [4.78, 5) is 14.9. The first-order valence-electron chi connectivity index (χ1n) is 10.3. The summed E-state index contributed by atoms with van der Waals surface area (Å²) in [5, 5.41) is 3.99. The maximum absolute atomic E-state index is 13.4. The standard InChI is InChI=1S/C24H25FN2O3/c1-17-22(16-29-21-9-5-8-20(25)15-21)23(26-30-17)24(28)27-12-10-19(11-13-27)14-18-6-3-2-4-7-18/h2-9,15,19H,10-14,16H2,1H3. The van der Waals surface area contributed by atoms with Crippen molar-refractivity contribution < 1.29 is 18.4 Å². The lowest BCUT2D eigenvalue weighted by molar-refractivity contribution is 0.0677. The molecule has 2 aromatic carbocycles. The Morgan fingerprint density at radius 2 is 1.93 bits per heavy atom. The monoisotopic (exact) mass is 408 g/mol. The Bertz CT molecular complexity index is 995. The Morgan fingerprint density at radius 1 is 1.17 bits per heavy atom. The first-order valence-corrected chi connectivity index (χ1v) is 10.3. The van der Waals surface area contributed by atoms with E-state index < -0.39 is 0 Å². The molecule has 0 N–H and O–H groups in total. The molecule has 1 saturated heterocycles. The average molecular weight is 408 g/mol. The molecule has 0 aliphatic carbocycles. The van der Waals surface area contributed by atoms with Crippen molar-refractivity contribution in [1.29, 1.82) is 0 Å². The van der Waals surface area contributed by atoms with E-state index in [1.165, 1.54) is 17.7 Å². The van der Waals surface area contributed by atoms with E-state index in [0.717, 1.165) is 19.3 Å². The average Bonchev–Trinajstić information content (AvgIpc) is 3.13. The van der Waals surface area contributed by atoms with Crippen LogP contribution in [0.4, 0.5) is 4.39 Å². The summed E-state index contributed by atoms with van der Waals surface area (Å²) < 4.78 is 24.3. The van der Waals surface area contributed by atoms with Crippen molar-refractivity contribution in [2.24, 2.45) is 5.92 Å². The van der Waals surface area contributed by atoms with Gasteiger partial charge in [0.15, 0.2) is 5.69 Å². The number of nitrogens with zero attached hydrogens (tertiary/aromatic N) is 2. The summed E-state index contributed by atoms with van der Waals surface area (Å²) in [6.45, 7) is 3.25. The second-order valence-corrected chi connectivity index (χ2v) is 7.74. The van der Waals surface area contributed by atoms with E-state index in [9.17, 15) is 9.18 Å². The zero-order chi connectivity index (χ0) is 20.9. The third kappa shape index (κ3) is 4.70. The Labute approximate surface area is 175 Å². The van der Waals surface area contributed by atoms with Crippen LogP contribution in [-0.2, 0) is 13.0 Å².